The number of hydrogen-bond acceptors (Lipinski definition) is 3. The lowest BCUT2D eigenvalue weighted by Gasteiger charge is -2.24. The first-order chi connectivity index (χ1) is 10.2. The van der Waals surface area contributed by atoms with E-state index in [1.807, 2.05) is 0 Å². The largest absolute Gasteiger partial charge is 0.383 e. The van der Waals surface area contributed by atoms with Crippen LogP contribution in [0.15, 0.2) is 4.90 Å². The summed E-state index contributed by atoms with van der Waals surface area (Å²) in [5, 5.41) is 0. The Hall–Kier alpha value is -1.26. The van der Waals surface area contributed by atoms with Crippen LogP contribution in [-0.2, 0) is 14.8 Å². The van der Waals surface area contributed by atoms with E-state index in [2.05, 4.69) is 0 Å². The lowest BCUT2D eigenvalue weighted by Crippen LogP contribution is -2.39. The molecule has 0 amide bonds. The number of sulfonamides is 1. The van der Waals surface area contributed by atoms with Gasteiger partial charge in [0.2, 0.25) is 15.8 Å². The topological polar surface area (TPSA) is 46.6 Å². The highest BCUT2D eigenvalue weighted by atomic mass is 32.2. The third kappa shape index (κ3) is 2.59. The van der Waals surface area contributed by atoms with Gasteiger partial charge in [0.25, 0.3) is 0 Å². The highest BCUT2D eigenvalue weighted by Crippen LogP contribution is 2.32. The van der Waals surface area contributed by atoms with E-state index in [0.717, 1.165) is 0 Å². The second kappa shape index (κ2) is 6.09. The third-order valence-corrected chi connectivity index (χ3v) is 5.39. The van der Waals surface area contributed by atoms with Crippen molar-refractivity contribution in [2.75, 3.05) is 20.3 Å². The molecule has 0 unspecified atom stereocenters. The zero-order valence-electron chi connectivity index (χ0n) is 11.4. The van der Waals surface area contributed by atoms with E-state index in [9.17, 15) is 30.4 Å². The lowest BCUT2D eigenvalue weighted by atomic mass is 10.2. The molecule has 124 valence electrons. The summed E-state index contributed by atoms with van der Waals surface area (Å²) >= 11 is 0. The zero-order valence-corrected chi connectivity index (χ0v) is 12.2. The summed E-state index contributed by atoms with van der Waals surface area (Å²) in [6, 6.07) is -0.718. The molecule has 0 aromatic heterocycles. The molecule has 0 spiro atoms. The number of halogens is 5. The molecule has 22 heavy (non-hydrogen) atoms. The molecule has 10 heteroatoms. The number of benzene rings is 1. The minimum absolute atomic E-state index is 0.0470. The minimum Gasteiger partial charge on any atom is -0.383 e. The monoisotopic (exact) mass is 345 g/mol. The van der Waals surface area contributed by atoms with Crippen LogP contribution in [0, 0.1) is 29.1 Å². The van der Waals surface area contributed by atoms with Crippen LogP contribution in [0.3, 0.4) is 0 Å². The van der Waals surface area contributed by atoms with E-state index in [1.54, 1.807) is 0 Å². The van der Waals surface area contributed by atoms with Crippen LogP contribution in [0.5, 0.6) is 0 Å². The normalized spacial score (nSPS) is 19.8. The Morgan fingerprint density at radius 2 is 1.55 bits per heavy atom. The first kappa shape index (κ1) is 17.1. The molecule has 0 radical (unpaired) electrons. The van der Waals surface area contributed by atoms with Crippen LogP contribution >= 0.6 is 0 Å². The number of methoxy groups -OCH3 is 1. The Morgan fingerprint density at radius 3 is 2.05 bits per heavy atom. The molecule has 0 aliphatic carbocycles. The second-order valence-electron chi connectivity index (χ2n) is 4.77. The van der Waals surface area contributed by atoms with E-state index in [1.165, 1.54) is 7.11 Å². The van der Waals surface area contributed by atoms with E-state index in [4.69, 9.17) is 4.74 Å². The Kier molecular flexibility index (Phi) is 4.73. The van der Waals surface area contributed by atoms with Gasteiger partial charge in [0.1, 0.15) is 0 Å². The molecule has 0 saturated carbocycles. The Balaban J connectivity index is 2.60. The smallest absolute Gasteiger partial charge is 0.249 e. The molecule has 1 heterocycles. The van der Waals surface area contributed by atoms with E-state index < -0.39 is 50.0 Å². The van der Waals surface area contributed by atoms with Gasteiger partial charge in [0.05, 0.1) is 6.61 Å². The van der Waals surface area contributed by atoms with Gasteiger partial charge in [-0.05, 0) is 12.8 Å². The van der Waals surface area contributed by atoms with Crippen molar-refractivity contribution in [3.8, 4) is 0 Å². The van der Waals surface area contributed by atoms with Gasteiger partial charge < -0.3 is 4.74 Å². The van der Waals surface area contributed by atoms with Gasteiger partial charge in [-0.25, -0.2) is 30.4 Å². The standard InChI is InChI=1S/C12H12F5NO3S/c1-21-5-6-3-2-4-18(6)22(19,20)12-10(16)8(14)7(13)9(15)11(12)17/h6H,2-5H2,1H3/t6-/m0/s1. The molecular weight excluding hydrogens is 333 g/mol. The number of hydrogen-bond donors (Lipinski definition) is 0. The van der Waals surface area contributed by atoms with Gasteiger partial charge in [-0.1, -0.05) is 0 Å². The average Bonchev–Trinajstić information content (AvgIpc) is 2.92. The minimum atomic E-state index is -4.88. The van der Waals surface area contributed by atoms with Gasteiger partial charge in [-0.15, -0.1) is 0 Å². The fraction of sp³-hybridized carbons (Fsp3) is 0.500. The maximum absolute atomic E-state index is 13.7. The Bertz CT molecular complexity index is 665. The molecule has 1 aliphatic rings. The van der Waals surface area contributed by atoms with Crippen molar-refractivity contribution in [2.45, 2.75) is 23.8 Å². The van der Waals surface area contributed by atoms with Gasteiger partial charge in [-0.2, -0.15) is 4.31 Å². The van der Waals surface area contributed by atoms with Gasteiger partial charge in [0.15, 0.2) is 28.2 Å². The van der Waals surface area contributed by atoms with Gasteiger partial charge in [-0.3, -0.25) is 0 Å². The summed E-state index contributed by atoms with van der Waals surface area (Å²) in [6.07, 6.45) is 0.755. The number of ether oxygens (including phenoxy) is 1. The Morgan fingerprint density at radius 1 is 1.05 bits per heavy atom. The number of nitrogens with zero attached hydrogens (tertiary/aromatic N) is 1. The summed E-state index contributed by atoms with van der Waals surface area (Å²) in [5.74, 6) is -11.7. The van der Waals surface area contributed by atoms with Crippen LogP contribution in [0.4, 0.5) is 22.0 Å². The average molecular weight is 345 g/mol. The molecule has 4 nitrogen and oxygen atoms in total. The van der Waals surface area contributed by atoms with E-state index >= 15 is 0 Å². The predicted molar refractivity (Wildman–Crippen MR) is 65.0 cm³/mol. The molecule has 0 bridgehead atoms. The quantitative estimate of drug-likeness (QED) is 0.477. The van der Waals surface area contributed by atoms with Crippen LogP contribution in [0.1, 0.15) is 12.8 Å². The Labute approximate surface area is 123 Å². The summed E-state index contributed by atoms with van der Waals surface area (Å²) in [7, 11) is -3.57. The summed E-state index contributed by atoms with van der Waals surface area (Å²) in [5.41, 5.74) is 0. The van der Waals surface area contributed by atoms with Crippen molar-refractivity contribution in [2.24, 2.45) is 0 Å². The molecule has 1 aliphatic heterocycles. The molecule has 1 saturated heterocycles. The van der Waals surface area contributed by atoms with Crippen LogP contribution in [-0.4, -0.2) is 39.0 Å². The van der Waals surface area contributed by atoms with Crippen molar-refractivity contribution in [1.29, 1.82) is 0 Å². The van der Waals surface area contributed by atoms with Crippen LogP contribution in [0.25, 0.3) is 0 Å². The molecule has 1 aromatic carbocycles. The highest BCUT2D eigenvalue weighted by molar-refractivity contribution is 7.89. The zero-order chi connectivity index (χ0) is 16.7. The number of rotatable bonds is 4. The maximum Gasteiger partial charge on any atom is 0.249 e. The van der Waals surface area contributed by atoms with Crippen molar-refractivity contribution >= 4 is 10.0 Å². The second-order valence-corrected chi connectivity index (χ2v) is 6.59. The summed E-state index contributed by atoms with van der Waals surface area (Å²) < 4.78 is 96.9. The van der Waals surface area contributed by atoms with Crippen molar-refractivity contribution in [3.05, 3.63) is 29.1 Å². The molecular formula is C12H12F5NO3S. The SMILES string of the molecule is COC[C@@H]1CCCN1S(=O)(=O)c1c(F)c(F)c(F)c(F)c1F. The fourth-order valence-electron chi connectivity index (χ4n) is 2.41. The summed E-state index contributed by atoms with van der Waals surface area (Å²) in [6.45, 7) is -0.134. The highest BCUT2D eigenvalue weighted by Gasteiger charge is 2.41. The summed E-state index contributed by atoms with van der Waals surface area (Å²) in [4.78, 5) is -1.83. The van der Waals surface area contributed by atoms with E-state index in [-0.39, 0.29) is 13.2 Å². The van der Waals surface area contributed by atoms with Crippen molar-refractivity contribution < 1.29 is 35.1 Å². The third-order valence-electron chi connectivity index (χ3n) is 3.42. The molecule has 1 atom stereocenters. The van der Waals surface area contributed by atoms with Crippen molar-refractivity contribution in [1.82, 2.24) is 4.31 Å². The first-order valence-corrected chi connectivity index (χ1v) is 7.69. The fourth-order valence-corrected chi connectivity index (χ4v) is 4.21. The van der Waals surface area contributed by atoms with Gasteiger partial charge >= 0.3 is 0 Å². The molecule has 1 aromatic rings. The van der Waals surface area contributed by atoms with Crippen LogP contribution in [0.2, 0.25) is 0 Å². The molecule has 2 rings (SSSR count). The molecule has 0 N–H and O–H groups in total. The lowest BCUT2D eigenvalue weighted by molar-refractivity contribution is 0.148. The van der Waals surface area contributed by atoms with Crippen LogP contribution < -0.4 is 0 Å². The maximum atomic E-state index is 13.7. The predicted octanol–water partition coefficient (Wildman–Crippen LogP) is 2.18. The first-order valence-electron chi connectivity index (χ1n) is 6.25. The van der Waals surface area contributed by atoms with Gasteiger partial charge in [0, 0.05) is 19.7 Å². The van der Waals surface area contributed by atoms with E-state index in [0.29, 0.717) is 17.1 Å². The molecule has 1 fully saturated rings. The van der Waals surface area contributed by atoms with Crippen molar-refractivity contribution in [3.63, 3.8) is 0 Å².